The minimum Gasteiger partial charge on any atom is -0.412 e. The highest BCUT2D eigenvalue weighted by molar-refractivity contribution is 5.90. The van der Waals surface area contributed by atoms with Crippen LogP contribution in [0.5, 0.6) is 0 Å². The summed E-state index contributed by atoms with van der Waals surface area (Å²) in [6.45, 7) is -0.217. The molecule has 118 valence electrons. The fourth-order valence-electron chi connectivity index (χ4n) is 1.06. The third-order valence-electron chi connectivity index (χ3n) is 1.98. The van der Waals surface area contributed by atoms with E-state index in [1.54, 1.807) is 0 Å². The van der Waals surface area contributed by atoms with Crippen molar-refractivity contribution in [3.63, 3.8) is 0 Å². The summed E-state index contributed by atoms with van der Waals surface area (Å²) >= 11 is 0. The topological polar surface area (TPSA) is 191 Å². The molecule has 0 amide bonds. The monoisotopic (exact) mass is 311 g/mol. The third-order valence-corrected chi connectivity index (χ3v) is 1.98. The number of hydrogen-bond donors (Lipinski definition) is 1. The van der Waals surface area contributed by atoms with Gasteiger partial charge in [-0.1, -0.05) is 10.2 Å². The van der Waals surface area contributed by atoms with Gasteiger partial charge in [-0.2, -0.15) is 0 Å². The molecule has 0 aromatic carbocycles. The molecular weight excluding hydrogens is 298 g/mol. The van der Waals surface area contributed by atoms with E-state index in [2.05, 4.69) is 29.5 Å². The van der Waals surface area contributed by atoms with Crippen LogP contribution in [0, 0.1) is 5.41 Å². The molecule has 0 saturated carbocycles. The van der Waals surface area contributed by atoms with E-state index < -0.39 is 23.8 Å². The van der Waals surface area contributed by atoms with Crippen molar-refractivity contribution in [1.82, 2.24) is 0 Å². The van der Waals surface area contributed by atoms with Crippen molar-refractivity contribution in [1.29, 1.82) is 5.41 Å². The van der Waals surface area contributed by atoms with Crippen molar-refractivity contribution in [2.45, 2.75) is 25.7 Å². The quantitative estimate of drug-likeness (QED) is 0.129. The fourth-order valence-corrected chi connectivity index (χ4v) is 1.06. The zero-order valence-electron chi connectivity index (χ0n) is 11.5. The Labute approximate surface area is 124 Å². The summed E-state index contributed by atoms with van der Waals surface area (Å²) in [6.07, 6.45) is -0.970. The summed E-state index contributed by atoms with van der Waals surface area (Å²) in [5, 5.41) is 13.5. The Hall–Kier alpha value is -3.10. The average Bonchev–Trinajstić information content (AvgIpc) is 2.45. The first kappa shape index (κ1) is 18.9. The van der Waals surface area contributed by atoms with Gasteiger partial charge in [0, 0.05) is 29.3 Å². The molecule has 0 radical (unpaired) electrons. The van der Waals surface area contributed by atoms with Gasteiger partial charge in [0.15, 0.2) is 5.90 Å². The summed E-state index contributed by atoms with van der Waals surface area (Å²) in [5.74, 6) is -2.98. The zero-order valence-corrected chi connectivity index (χ0v) is 11.5. The van der Waals surface area contributed by atoms with Crippen LogP contribution in [-0.2, 0) is 23.9 Å². The number of nitrogens with zero attached hydrogens (tertiary/aromatic N) is 6. The summed E-state index contributed by atoms with van der Waals surface area (Å²) in [5.41, 5.74) is 16.0. The number of esters is 3. The normalized spacial score (nSPS) is 8.91. The van der Waals surface area contributed by atoms with E-state index in [-0.39, 0.29) is 38.8 Å². The van der Waals surface area contributed by atoms with Crippen molar-refractivity contribution in [3.8, 4) is 0 Å². The highest BCUT2D eigenvalue weighted by atomic mass is 16.6. The van der Waals surface area contributed by atoms with Gasteiger partial charge >= 0.3 is 17.9 Å². The molecule has 0 aromatic rings. The molecular formula is C10H13N7O5. The van der Waals surface area contributed by atoms with Crippen LogP contribution in [-0.4, -0.2) is 36.9 Å². The van der Waals surface area contributed by atoms with Crippen molar-refractivity contribution in [2.24, 2.45) is 10.2 Å². The maximum atomic E-state index is 11.2. The van der Waals surface area contributed by atoms with Gasteiger partial charge in [0.2, 0.25) is 0 Å². The number of ether oxygens (including phenoxy) is 2. The smallest absolute Gasteiger partial charge is 0.313 e. The molecule has 0 bridgehead atoms. The van der Waals surface area contributed by atoms with Crippen LogP contribution in [0.15, 0.2) is 10.2 Å². The maximum Gasteiger partial charge on any atom is 0.313 e. The molecule has 1 N–H and O–H groups in total. The molecule has 12 heteroatoms. The van der Waals surface area contributed by atoms with Crippen molar-refractivity contribution in [3.05, 3.63) is 20.9 Å². The van der Waals surface area contributed by atoms with Crippen LogP contribution < -0.4 is 0 Å². The molecule has 12 nitrogen and oxygen atoms in total. The molecule has 0 atom stereocenters. The van der Waals surface area contributed by atoms with Crippen LogP contribution >= 0.6 is 0 Å². The number of carbonyl (C=O) groups excluding carboxylic acids is 3. The average molecular weight is 311 g/mol. The molecule has 0 aliphatic rings. The summed E-state index contributed by atoms with van der Waals surface area (Å²) in [7, 11) is 0. The van der Waals surface area contributed by atoms with E-state index in [9.17, 15) is 14.4 Å². The van der Waals surface area contributed by atoms with Crippen LogP contribution in [0.25, 0.3) is 20.9 Å². The lowest BCUT2D eigenvalue weighted by Gasteiger charge is -2.04. The molecule has 0 unspecified atom stereocenters. The first-order valence-corrected chi connectivity index (χ1v) is 6.03. The highest BCUT2D eigenvalue weighted by Crippen LogP contribution is 2.00. The van der Waals surface area contributed by atoms with Crippen molar-refractivity contribution >= 4 is 23.8 Å². The Morgan fingerprint density at radius 1 is 0.818 bits per heavy atom. The van der Waals surface area contributed by atoms with E-state index in [1.807, 2.05) is 0 Å². The summed E-state index contributed by atoms with van der Waals surface area (Å²) in [6, 6.07) is 0. The SMILES string of the molecule is [N-]=[N+]=NCCC(=O)OC(=N)CCC(=O)OC(=O)CCN=[N+]=[N-]. The van der Waals surface area contributed by atoms with Gasteiger partial charge in [-0.05, 0) is 11.1 Å². The van der Waals surface area contributed by atoms with Gasteiger partial charge in [0.25, 0.3) is 0 Å². The molecule has 0 aromatic heterocycles. The third kappa shape index (κ3) is 10.8. The Morgan fingerprint density at radius 2 is 1.27 bits per heavy atom. The molecule has 0 aliphatic carbocycles. The maximum absolute atomic E-state index is 11.2. The lowest BCUT2D eigenvalue weighted by Crippen LogP contribution is -2.16. The Morgan fingerprint density at radius 3 is 1.77 bits per heavy atom. The first-order chi connectivity index (χ1) is 10.5. The number of hydrogen-bond acceptors (Lipinski definition) is 8. The molecule has 22 heavy (non-hydrogen) atoms. The van der Waals surface area contributed by atoms with Gasteiger partial charge in [-0.3, -0.25) is 19.8 Å². The molecule has 0 spiro atoms. The number of carbonyl (C=O) groups is 3. The Bertz CT molecular complexity index is 486. The van der Waals surface area contributed by atoms with Crippen molar-refractivity contribution in [2.75, 3.05) is 13.1 Å². The lowest BCUT2D eigenvalue weighted by molar-refractivity contribution is -0.159. The van der Waals surface area contributed by atoms with Gasteiger partial charge < -0.3 is 9.47 Å². The van der Waals surface area contributed by atoms with Crippen molar-refractivity contribution < 1.29 is 23.9 Å². The molecule has 0 rings (SSSR count). The number of nitrogens with one attached hydrogen (secondary N) is 1. The first-order valence-electron chi connectivity index (χ1n) is 6.03. The van der Waals surface area contributed by atoms with Gasteiger partial charge in [0.05, 0.1) is 19.3 Å². The summed E-state index contributed by atoms with van der Waals surface area (Å²) in [4.78, 5) is 38.4. The molecule has 0 aliphatic heterocycles. The Kier molecular flexibility index (Phi) is 10.1. The van der Waals surface area contributed by atoms with E-state index in [1.165, 1.54) is 0 Å². The minimum absolute atomic E-state index is 0.0929. The molecule has 0 saturated heterocycles. The Balaban J connectivity index is 3.91. The largest absolute Gasteiger partial charge is 0.412 e. The zero-order chi connectivity index (χ0) is 16.8. The minimum atomic E-state index is -0.888. The van der Waals surface area contributed by atoms with Gasteiger partial charge in [-0.15, -0.1) is 0 Å². The van der Waals surface area contributed by atoms with Gasteiger partial charge in [0.1, 0.15) is 0 Å². The predicted molar refractivity (Wildman–Crippen MR) is 71.4 cm³/mol. The highest BCUT2D eigenvalue weighted by Gasteiger charge is 2.13. The number of azide groups is 2. The molecule has 0 fully saturated rings. The van der Waals surface area contributed by atoms with Crippen LogP contribution in [0.3, 0.4) is 0 Å². The second-order valence-corrected chi connectivity index (χ2v) is 3.65. The number of rotatable bonds is 9. The second-order valence-electron chi connectivity index (χ2n) is 3.65. The van der Waals surface area contributed by atoms with E-state index >= 15 is 0 Å². The van der Waals surface area contributed by atoms with E-state index in [0.29, 0.717) is 0 Å². The van der Waals surface area contributed by atoms with E-state index in [4.69, 9.17) is 16.5 Å². The fraction of sp³-hybridized carbons (Fsp3) is 0.600. The molecule has 0 heterocycles. The van der Waals surface area contributed by atoms with Crippen LogP contribution in [0.2, 0.25) is 0 Å². The summed E-state index contributed by atoms with van der Waals surface area (Å²) < 4.78 is 8.92. The second kappa shape index (κ2) is 11.7. The van der Waals surface area contributed by atoms with Crippen LogP contribution in [0.1, 0.15) is 25.7 Å². The van der Waals surface area contributed by atoms with E-state index in [0.717, 1.165) is 0 Å². The predicted octanol–water partition coefficient (Wildman–Crippen LogP) is 1.76. The van der Waals surface area contributed by atoms with Crippen LogP contribution in [0.4, 0.5) is 0 Å². The van der Waals surface area contributed by atoms with Gasteiger partial charge in [-0.25, -0.2) is 0 Å². The lowest BCUT2D eigenvalue weighted by atomic mass is 10.3. The standard InChI is InChI=1S/C10H13N7O5/c11-7(21-9(19)3-5-14-16-12)1-2-8(18)22-10(20)4-6-15-17-13/h11H,1-6H2.